The molecule has 120 valence electrons. The van der Waals surface area contributed by atoms with Crippen molar-refractivity contribution >= 4 is 0 Å². The lowest BCUT2D eigenvalue weighted by molar-refractivity contribution is 0.183. The van der Waals surface area contributed by atoms with Crippen LogP contribution in [0.3, 0.4) is 0 Å². The van der Waals surface area contributed by atoms with Crippen molar-refractivity contribution in [3.63, 3.8) is 0 Å². The number of ether oxygens (including phenoxy) is 3. The second-order valence-corrected chi connectivity index (χ2v) is 4.81. The molecule has 0 saturated heterocycles. The molecule has 0 spiro atoms. The molecule has 0 aliphatic heterocycles. The highest BCUT2D eigenvalue weighted by atomic mass is 16.5. The van der Waals surface area contributed by atoms with Crippen LogP contribution < -0.4 is 0 Å². The maximum atomic E-state index is 4.86. The van der Waals surface area contributed by atoms with Crippen LogP contribution in [-0.2, 0) is 14.2 Å². The maximum Gasteiger partial charge on any atom is 0.0573 e. The number of rotatable bonds is 2. The third-order valence-corrected chi connectivity index (χ3v) is 2.01. The molecule has 3 heteroatoms. The van der Waals surface area contributed by atoms with Crippen molar-refractivity contribution in [3.05, 3.63) is 0 Å². The van der Waals surface area contributed by atoms with Crippen molar-refractivity contribution in [3.8, 4) is 0 Å². The number of methoxy groups -OCH3 is 3. The van der Waals surface area contributed by atoms with Crippen LogP contribution in [0.15, 0.2) is 0 Å². The molecule has 0 radical (unpaired) electrons. The van der Waals surface area contributed by atoms with Gasteiger partial charge >= 0.3 is 0 Å². The monoisotopic (exact) mass is 278 g/mol. The molecule has 2 saturated carbocycles. The number of hydrogen-bond donors (Lipinski definition) is 0. The van der Waals surface area contributed by atoms with Crippen LogP contribution in [0.1, 0.15) is 59.8 Å². The summed E-state index contributed by atoms with van der Waals surface area (Å²) < 4.78 is 13.7. The predicted octanol–water partition coefficient (Wildman–Crippen LogP) is 4.54. The summed E-state index contributed by atoms with van der Waals surface area (Å²) in [5.74, 6) is 1.08. The average Bonchev–Trinajstić information content (AvgIpc) is 3.27. The summed E-state index contributed by atoms with van der Waals surface area (Å²) >= 11 is 0. The summed E-state index contributed by atoms with van der Waals surface area (Å²) in [5.41, 5.74) is 0. The standard InChI is InChI=1S/C4H8O.C4H8.C3H8O.C3H8.C2H6O/c1-5-4-2-3-4;1-4-2-3-4;1-3-4-2;2*1-3-2/h4H,2-3H2,1H3;4H,2-3H2,1H3;3H2,1-2H3;3H2,1-2H3;1-2H3. The van der Waals surface area contributed by atoms with E-state index in [1.54, 1.807) is 28.4 Å². The zero-order valence-corrected chi connectivity index (χ0v) is 14.6. The Morgan fingerprint density at radius 1 is 0.842 bits per heavy atom. The smallest absolute Gasteiger partial charge is 0.0573 e. The van der Waals surface area contributed by atoms with Crippen molar-refractivity contribution in [1.82, 2.24) is 0 Å². The van der Waals surface area contributed by atoms with Gasteiger partial charge in [-0.25, -0.2) is 0 Å². The molecule has 2 aliphatic carbocycles. The van der Waals surface area contributed by atoms with Gasteiger partial charge in [-0.05, 0) is 25.7 Å². The zero-order chi connectivity index (χ0) is 15.5. The van der Waals surface area contributed by atoms with Gasteiger partial charge in [0.05, 0.1) is 6.10 Å². The number of hydrogen-bond acceptors (Lipinski definition) is 3. The van der Waals surface area contributed by atoms with Gasteiger partial charge in [-0.2, -0.15) is 0 Å². The lowest BCUT2D eigenvalue weighted by Crippen LogP contribution is -1.79. The van der Waals surface area contributed by atoms with Crippen LogP contribution in [0.5, 0.6) is 0 Å². The molecule has 0 aromatic rings. The van der Waals surface area contributed by atoms with Crippen LogP contribution in [0.4, 0.5) is 0 Å². The van der Waals surface area contributed by atoms with Crippen molar-refractivity contribution in [2.24, 2.45) is 5.92 Å². The van der Waals surface area contributed by atoms with E-state index in [4.69, 9.17) is 4.74 Å². The molecule has 0 N–H and O–H groups in total. The SMILES string of the molecule is CC1CC1.CCC.CCOC.COC.COC1CC1. The van der Waals surface area contributed by atoms with Crippen LogP contribution in [0, 0.1) is 5.92 Å². The molecule has 0 heterocycles. The summed E-state index contributed by atoms with van der Waals surface area (Å²) in [4.78, 5) is 0. The molecule has 0 aromatic carbocycles. The van der Waals surface area contributed by atoms with Gasteiger partial charge in [0.2, 0.25) is 0 Å². The molecule has 0 aromatic heterocycles. The minimum absolute atomic E-state index is 0.634. The Bertz CT molecular complexity index is 117. The van der Waals surface area contributed by atoms with Crippen LogP contribution in [-0.4, -0.2) is 41.2 Å². The highest BCUT2D eigenvalue weighted by molar-refractivity contribution is 4.71. The highest BCUT2D eigenvalue weighted by Gasteiger charge is 2.19. The van der Waals surface area contributed by atoms with Gasteiger partial charge in [0.15, 0.2) is 0 Å². The lowest BCUT2D eigenvalue weighted by Gasteiger charge is -1.80. The van der Waals surface area contributed by atoms with E-state index >= 15 is 0 Å². The normalized spacial score (nSPS) is 15.2. The van der Waals surface area contributed by atoms with E-state index in [-0.39, 0.29) is 0 Å². The van der Waals surface area contributed by atoms with Gasteiger partial charge in [-0.3, -0.25) is 0 Å². The van der Waals surface area contributed by atoms with E-state index < -0.39 is 0 Å². The molecule has 0 bridgehead atoms. The van der Waals surface area contributed by atoms with E-state index in [0.29, 0.717) is 6.10 Å². The van der Waals surface area contributed by atoms with Crippen molar-refractivity contribution in [2.75, 3.05) is 35.0 Å². The average molecular weight is 278 g/mol. The van der Waals surface area contributed by atoms with Crippen molar-refractivity contribution < 1.29 is 14.2 Å². The fraction of sp³-hybridized carbons (Fsp3) is 1.00. The molecule has 0 atom stereocenters. The first kappa shape index (κ1) is 23.9. The molecule has 0 unspecified atom stereocenters. The van der Waals surface area contributed by atoms with Crippen molar-refractivity contribution in [2.45, 2.75) is 65.9 Å². The Balaban J connectivity index is -0.000000172. The summed E-state index contributed by atoms with van der Waals surface area (Å²) in [6.45, 7) is 9.31. The fourth-order valence-electron chi connectivity index (χ4n) is 0.470. The maximum absolute atomic E-state index is 4.86. The summed E-state index contributed by atoms with van der Waals surface area (Å²) in [5, 5.41) is 0. The largest absolute Gasteiger partial charge is 0.388 e. The van der Waals surface area contributed by atoms with Crippen LogP contribution in [0.25, 0.3) is 0 Å². The minimum Gasteiger partial charge on any atom is -0.388 e. The zero-order valence-electron chi connectivity index (χ0n) is 14.6. The molecule has 2 rings (SSSR count). The van der Waals surface area contributed by atoms with E-state index in [0.717, 1.165) is 12.5 Å². The summed E-state index contributed by atoms with van der Waals surface area (Å²) in [7, 11) is 6.69. The Labute approximate surface area is 122 Å². The third kappa shape index (κ3) is 57.2. The molecular weight excluding hydrogens is 240 g/mol. The Kier molecular flexibility index (Phi) is 29.0. The second-order valence-electron chi connectivity index (χ2n) is 4.81. The second kappa shape index (κ2) is 23.0. The lowest BCUT2D eigenvalue weighted by atomic mass is 10.5. The fourth-order valence-corrected chi connectivity index (χ4v) is 0.470. The van der Waals surface area contributed by atoms with Crippen LogP contribution >= 0.6 is 0 Å². The Morgan fingerprint density at radius 2 is 1.11 bits per heavy atom. The van der Waals surface area contributed by atoms with Gasteiger partial charge in [0.25, 0.3) is 0 Å². The molecule has 2 fully saturated rings. The van der Waals surface area contributed by atoms with E-state index in [9.17, 15) is 0 Å². The Hall–Kier alpha value is -0.120. The van der Waals surface area contributed by atoms with Gasteiger partial charge in [-0.1, -0.05) is 40.0 Å². The third-order valence-electron chi connectivity index (χ3n) is 2.01. The van der Waals surface area contributed by atoms with Crippen molar-refractivity contribution in [1.29, 1.82) is 0 Å². The van der Waals surface area contributed by atoms with E-state index in [1.807, 2.05) is 6.92 Å². The first-order valence-corrected chi connectivity index (χ1v) is 7.49. The van der Waals surface area contributed by atoms with E-state index in [1.165, 1.54) is 32.1 Å². The molecule has 0 amide bonds. The van der Waals surface area contributed by atoms with Gasteiger partial charge in [-0.15, -0.1) is 0 Å². The highest BCUT2D eigenvalue weighted by Crippen LogP contribution is 2.26. The quantitative estimate of drug-likeness (QED) is 0.742. The Morgan fingerprint density at radius 3 is 1.11 bits per heavy atom. The van der Waals surface area contributed by atoms with Gasteiger partial charge in [0.1, 0.15) is 0 Å². The van der Waals surface area contributed by atoms with E-state index in [2.05, 4.69) is 30.2 Å². The minimum atomic E-state index is 0.634. The topological polar surface area (TPSA) is 27.7 Å². The summed E-state index contributed by atoms with van der Waals surface area (Å²) in [6, 6.07) is 0. The molecule has 2 aliphatic rings. The molecular formula is C16H38O3. The van der Waals surface area contributed by atoms with Crippen LogP contribution in [0.2, 0.25) is 0 Å². The molecule has 3 nitrogen and oxygen atoms in total. The van der Waals surface area contributed by atoms with Gasteiger partial charge < -0.3 is 14.2 Å². The predicted molar refractivity (Wildman–Crippen MR) is 84.9 cm³/mol. The van der Waals surface area contributed by atoms with Gasteiger partial charge in [0, 0.05) is 35.0 Å². The summed E-state index contributed by atoms with van der Waals surface area (Å²) in [6.07, 6.45) is 7.43. The molecule has 19 heavy (non-hydrogen) atoms. The first-order valence-electron chi connectivity index (χ1n) is 7.49. The first-order chi connectivity index (χ1) is 9.07.